The second kappa shape index (κ2) is 31.9. The van der Waals surface area contributed by atoms with Gasteiger partial charge < -0.3 is 54.3 Å². The number of hydrogen-bond acceptors (Lipinski definition) is 15. The highest BCUT2D eigenvalue weighted by Crippen LogP contribution is 2.40. The lowest BCUT2D eigenvalue weighted by Crippen LogP contribution is -2.39. The average molecular weight is 1290 g/mol. The molecule has 4 atom stereocenters. The van der Waals surface area contributed by atoms with Crippen molar-refractivity contribution in [3.63, 3.8) is 0 Å². The highest BCUT2D eigenvalue weighted by molar-refractivity contribution is 6.01. The van der Waals surface area contributed by atoms with Gasteiger partial charge in [0.2, 0.25) is 11.8 Å². The summed E-state index contributed by atoms with van der Waals surface area (Å²) in [7, 11) is 1.33. The molecule has 17 nitrogen and oxygen atoms in total. The Morgan fingerprint density at radius 2 is 0.902 bits per heavy atom. The van der Waals surface area contributed by atoms with Crippen LogP contribution in [0.25, 0.3) is 0 Å². The van der Waals surface area contributed by atoms with E-state index >= 15 is 0 Å². The number of nitrogens with zero attached hydrogens (tertiary/aromatic N) is 3. The largest absolute Gasteiger partial charge is 0.494 e. The van der Waals surface area contributed by atoms with E-state index in [0.717, 1.165) is 80.1 Å². The number of halogens is 5. The summed E-state index contributed by atoms with van der Waals surface area (Å²) in [6.45, 7) is 25.5. The topological polar surface area (TPSA) is 194 Å². The fraction of sp³-hybridized carbons (Fsp3) is 0.571. The number of amides is 2. The zero-order valence-electron chi connectivity index (χ0n) is 55.1. The van der Waals surface area contributed by atoms with Crippen molar-refractivity contribution in [1.29, 1.82) is 0 Å². The van der Waals surface area contributed by atoms with Crippen LogP contribution in [0.15, 0.2) is 72.8 Å². The Kier molecular flexibility index (Phi) is 24.9. The van der Waals surface area contributed by atoms with Gasteiger partial charge in [0.25, 0.3) is 0 Å². The van der Waals surface area contributed by atoms with Crippen LogP contribution in [0.4, 0.5) is 39.0 Å². The van der Waals surface area contributed by atoms with E-state index in [9.17, 15) is 50.7 Å². The third kappa shape index (κ3) is 20.5. The SMILES string of the molecule is CC(C)(C)OC(=O)C1CCN(c2cc(F)ccc2[C@@H]2CCNC2)CC1.CC(C)(C)OC(=O)C1CCN(c2cc(F)ccc2[C@H]2CNC(=O)C2)CC1.CCOC(=O)C1C(=O)NC[C@@H]1c1ccc(F)cc1N1CCC(C(=O)OC(C)(C)C)CC1.COc1ccc(F)cc1F. The highest BCUT2D eigenvalue weighted by Gasteiger charge is 2.44. The average Bonchev–Trinajstić information content (AvgIpc) is 1.70. The first-order valence-corrected chi connectivity index (χ1v) is 32.1. The lowest BCUT2D eigenvalue weighted by molar-refractivity contribution is -0.161. The van der Waals surface area contributed by atoms with Crippen LogP contribution in [0.2, 0.25) is 0 Å². The lowest BCUT2D eigenvalue weighted by Gasteiger charge is -2.35. The minimum absolute atomic E-state index is 0.0360. The summed E-state index contributed by atoms with van der Waals surface area (Å²) >= 11 is 0. The van der Waals surface area contributed by atoms with Crippen LogP contribution in [0.1, 0.15) is 155 Å². The van der Waals surface area contributed by atoms with Crippen molar-refractivity contribution in [2.75, 3.05) is 93.9 Å². The van der Waals surface area contributed by atoms with Crippen molar-refractivity contribution in [3.8, 4) is 5.75 Å². The maximum atomic E-state index is 14.2. The summed E-state index contributed by atoms with van der Waals surface area (Å²) in [5.41, 5.74) is 3.99. The molecular weight excluding hydrogens is 1200 g/mol. The number of esters is 4. The number of anilines is 3. The van der Waals surface area contributed by atoms with Gasteiger partial charge in [-0.25, -0.2) is 22.0 Å². The van der Waals surface area contributed by atoms with Gasteiger partial charge in [-0.2, -0.15) is 0 Å². The minimum atomic E-state index is -0.955. The van der Waals surface area contributed by atoms with Crippen molar-refractivity contribution in [2.24, 2.45) is 23.7 Å². The predicted molar refractivity (Wildman–Crippen MR) is 341 cm³/mol. The van der Waals surface area contributed by atoms with Crippen LogP contribution < -0.4 is 35.4 Å². The molecule has 6 aliphatic heterocycles. The molecule has 6 aliphatic rings. The van der Waals surface area contributed by atoms with Gasteiger partial charge in [0.15, 0.2) is 11.6 Å². The number of ether oxygens (including phenoxy) is 5. The van der Waals surface area contributed by atoms with Crippen LogP contribution in [-0.2, 0) is 47.7 Å². The molecule has 6 saturated heterocycles. The smallest absolute Gasteiger partial charge is 0.319 e. The maximum absolute atomic E-state index is 14.2. The number of carbonyl (C=O) groups excluding carboxylic acids is 6. The van der Waals surface area contributed by atoms with Crippen LogP contribution in [0.5, 0.6) is 5.75 Å². The summed E-state index contributed by atoms with van der Waals surface area (Å²) in [5.74, 6) is -4.71. The fourth-order valence-corrected chi connectivity index (χ4v) is 12.4. The zero-order chi connectivity index (χ0) is 67.2. The molecule has 0 aromatic heterocycles. The molecule has 1 unspecified atom stereocenters. The van der Waals surface area contributed by atoms with E-state index in [1.807, 2.05) is 73.3 Å². The summed E-state index contributed by atoms with van der Waals surface area (Å²) in [6.07, 6.45) is 5.60. The van der Waals surface area contributed by atoms with Gasteiger partial charge in [0.1, 0.15) is 46.0 Å². The summed E-state index contributed by atoms with van der Waals surface area (Å²) in [4.78, 5) is 79.6. The zero-order valence-corrected chi connectivity index (χ0v) is 55.1. The first-order chi connectivity index (χ1) is 43.4. The van der Waals surface area contributed by atoms with Crippen molar-refractivity contribution in [1.82, 2.24) is 16.0 Å². The molecule has 3 N–H and O–H groups in total. The third-order valence-corrected chi connectivity index (χ3v) is 16.9. The molecule has 0 spiro atoms. The van der Waals surface area contributed by atoms with Gasteiger partial charge in [0.05, 0.1) is 31.5 Å². The Balaban J connectivity index is 0.000000183. The Hall–Kier alpha value is -7.49. The molecule has 4 aromatic carbocycles. The monoisotopic (exact) mass is 1290 g/mol. The number of rotatable bonds is 12. The second-order valence-corrected chi connectivity index (χ2v) is 27.2. The first-order valence-electron chi connectivity index (χ1n) is 32.1. The normalized spacial score (nSPS) is 20.7. The van der Waals surface area contributed by atoms with E-state index in [1.54, 1.807) is 37.3 Å². The van der Waals surface area contributed by atoms with Crippen LogP contribution in [0.3, 0.4) is 0 Å². The van der Waals surface area contributed by atoms with E-state index in [2.05, 4.69) is 30.5 Å². The summed E-state index contributed by atoms with van der Waals surface area (Å²) in [6, 6.07) is 17.5. The number of piperidine rings is 3. The molecule has 92 heavy (non-hydrogen) atoms. The Morgan fingerprint density at radius 3 is 1.27 bits per heavy atom. The number of methoxy groups -OCH3 is 1. The predicted octanol–water partition coefficient (Wildman–Crippen LogP) is 11.2. The van der Waals surface area contributed by atoms with E-state index in [4.69, 9.17) is 18.9 Å². The molecular formula is C70H93F5N6O11. The molecule has 0 bridgehead atoms. The maximum Gasteiger partial charge on any atom is 0.319 e. The molecule has 4 aromatic rings. The molecule has 504 valence electrons. The Morgan fingerprint density at radius 1 is 0.500 bits per heavy atom. The van der Waals surface area contributed by atoms with Gasteiger partial charge in [-0.15, -0.1) is 0 Å². The highest BCUT2D eigenvalue weighted by atomic mass is 19.1. The number of hydrogen-bond donors (Lipinski definition) is 3. The Bertz CT molecular complexity index is 3190. The molecule has 2 amide bonds. The van der Waals surface area contributed by atoms with E-state index in [0.29, 0.717) is 76.4 Å². The first kappa shape index (κ1) is 71.9. The van der Waals surface area contributed by atoms with Crippen LogP contribution in [0, 0.1) is 52.8 Å². The quantitative estimate of drug-likeness (QED) is 0.0524. The van der Waals surface area contributed by atoms with Gasteiger partial charge in [-0.3, -0.25) is 28.8 Å². The van der Waals surface area contributed by atoms with Gasteiger partial charge in [0, 0.05) is 100 Å². The Labute approximate surface area is 538 Å². The summed E-state index contributed by atoms with van der Waals surface area (Å²) < 4.78 is 92.7. The van der Waals surface area contributed by atoms with Gasteiger partial charge >= 0.3 is 23.9 Å². The molecule has 22 heteroatoms. The van der Waals surface area contributed by atoms with Crippen molar-refractivity contribution < 1.29 is 74.4 Å². The summed E-state index contributed by atoms with van der Waals surface area (Å²) in [5, 5.41) is 8.96. The van der Waals surface area contributed by atoms with Crippen LogP contribution >= 0.6 is 0 Å². The van der Waals surface area contributed by atoms with Crippen molar-refractivity contribution in [2.45, 2.75) is 155 Å². The molecule has 10 rings (SSSR count). The molecule has 0 radical (unpaired) electrons. The minimum Gasteiger partial charge on any atom is -0.494 e. The lowest BCUT2D eigenvalue weighted by atomic mass is 9.86. The van der Waals surface area contributed by atoms with Gasteiger partial charge in [-0.1, -0.05) is 18.2 Å². The molecule has 6 fully saturated rings. The molecule has 0 saturated carbocycles. The van der Waals surface area contributed by atoms with Gasteiger partial charge in [-0.05, 0) is 192 Å². The fourth-order valence-electron chi connectivity index (χ4n) is 12.4. The van der Waals surface area contributed by atoms with E-state index in [-0.39, 0.29) is 83.9 Å². The number of benzene rings is 4. The van der Waals surface area contributed by atoms with E-state index < -0.39 is 52.1 Å². The van der Waals surface area contributed by atoms with Crippen LogP contribution in [-0.4, -0.2) is 132 Å². The molecule has 0 aliphatic carbocycles. The number of carbonyl (C=O) groups is 6. The van der Waals surface area contributed by atoms with E-state index in [1.165, 1.54) is 36.9 Å². The molecule has 6 heterocycles. The standard InChI is InChI=1S/C23H31FN2O5.C20H27FN2O3.C20H29FN2O2.C7H6F2O/c1-5-30-22(29)19-17(13-25-20(19)27)16-7-6-15(24)12-18(16)26-10-8-14(9-11-26)21(28)31-23(2,3)4;1-20(2,3)26-19(25)13-6-8-23(9-7-13)17-11-15(21)4-5-16(17)14-10-18(24)22-12-14;1-20(2,3)25-19(24)14-7-10-23(11-8-14)18-12-16(21)4-5-17(18)15-6-9-22-13-15;1-10-7-3-2-5(8)4-6(7)9/h6-7,12,14,17,19H,5,8-11,13H2,1-4H3,(H,25,27);4-5,11,13-14H,6-10,12H2,1-3H3,(H,22,24);4-5,12,14-15,22H,6-11,13H2,1-3H3;2-4H,1H3/t17-,19?;14-;15-;/m111./s1. The van der Waals surface area contributed by atoms with Crippen molar-refractivity contribution in [3.05, 3.63) is 119 Å². The third-order valence-electron chi connectivity index (χ3n) is 16.9. The second-order valence-electron chi connectivity index (χ2n) is 27.2. The number of nitrogens with one attached hydrogen (secondary N) is 3. The van der Waals surface area contributed by atoms with Crippen molar-refractivity contribution >= 4 is 52.8 Å².